The summed E-state index contributed by atoms with van der Waals surface area (Å²) in [5.41, 5.74) is 4.70. The average molecular weight is 464 g/mol. The van der Waals surface area contributed by atoms with E-state index in [1.165, 1.54) is 89.9 Å². The van der Waals surface area contributed by atoms with E-state index >= 15 is 0 Å². The maximum absolute atomic E-state index is 11.9. The van der Waals surface area contributed by atoms with E-state index in [-0.39, 0.29) is 6.61 Å². The number of rotatable bonds is 24. The molecule has 0 fully saturated rings. The third kappa shape index (κ3) is 22.8. The maximum Gasteiger partial charge on any atom is 0.400 e. The lowest BCUT2D eigenvalue weighted by Crippen LogP contribution is -2.30. The molecule has 0 saturated heterocycles. The van der Waals surface area contributed by atoms with Crippen LogP contribution in [0.15, 0.2) is 0 Å². The van der Waals surface area contributed by atoms with E-state index in [9.17, 15) is 8.42 Å². The van der Waals surface area contributed by atoms with Gasteiger partial charge in [0.1, 0.15) is 0 Å². The highest BCUT2D eigenvalue weighted by Crippen LogP contribution is 2.20. The molecule has 0 unspecified atom stereocenters. The van der Waals surface area contributed by atoms with Gasteiger partial charge in [0.25, 0.3) is 0 Å². The summed E-state index contributed by atoms with van der Waals surface area (Å²) in [6.07, 6.45) is 23.4. The molecule has 0 radical (unpaired) electrons. The van der Waals surface area contributed by atoms with Crippen LogP contribution < -0.4 is 5.73 Å². The van der Waals surface area contributed by atoms with Gasteiger partial charge in [-0.25, -0.2) is 8.37 Å². The normalized spacial score (nSPS) is 12.5. The highest BCUT2D eigenvalue weighted by molar-refractivity contribution is 7.81. The summed E-state index contributed by atoms with van der Waals surface area (Å²) in [6, 6.07) is 0. The fraction of sp³-hybridized carbons (Fsp3) is 1.00. The average Bonchev–Trinajstić information content (AvgIpc) is 2.70. The fourth-order valence-electron chi connectivity index (χ4n) is 3.86. The van der Waals surface area contributed by atoms with Crippen LogP contribution in [0.2, 0.25) is 0 Å². The molecule has 0 spiro atoms. The molecule has 0 aliphatic carbocycles. The molecule has 0 bridgehead atoms. The van der Waals surface area contributed by atoms with Crippen LogP contribution in [0.5, 0.6) is 0 Å². The fourth-order valence-corrected chi connectivity index (χ4v) is 4.86. The quantitative estimate of drug-likeness (QED) is 0.150. The van der Waals surface area contributed by atoms with Crippen LogP contribution in [0.25, 0.3) is 0 Å². The van der Waals surface area contributed by atoms with Gasteiger partial charge in [-0.15, -0.1) is 0 Å². The van der Waals surface area contributed by atoms with Gasteiger partial charge in [-0.1, -0.05) is 110 Å². The number of unbranched alkanes of at least 4 members (excludes halogenated alkanes) is 16. The van der Waals surface area contributed by atoms with Gasteiger partial charge >= 0.3 is 10.4 Å². The molecule has 5 nitrogen and oxygen atoms in total. The Morgan fingerprint density at radius 3 is 1.42 bits per heavy atom. The number of hydrogen-bond donors (Lipinski definition) is 1. The van der Waals surface area contributed by atoms with E-state index in [2.05, 4.69) is 6.92 Å². The van der Waals surface area contributed by atoms with Gasteiger partial charge in [-0.3, -0.25) is 0 Å². The van der Waals surface area contributed by atoms with Gasteiger partial charge in [0, 0.05) is 0 Å². The zero-order chi connectivity index (χ0) is 23.3. The molecular weight excluding hydrogens is 410 g/mol. The van der Waals surface area contributed by atoms with Crippen molar-refractivity contribution in [3.63, 3.8) is 0 Å². The molecule has 0 saturated carbocycles. The molecule has 0 amide bonds. The second-order valence-corrected chi connectivity index (χ2v) is 10.8. The van der Waals surface area contributed by atoms with Gasteiger partial charge in [-0.05, 0) is 39.7 Å². The van der Waals surface area contributed by atoms with Gasteiger partial charge < -0.3 is 5.73 Å². The molecule has 0 heterocycles. The third-order valence-electron chi connectivity index (χ3n) is 5.79. The first-order valence-electron chi connectivity index (χ1n) is 13.1. The molecule has 6 heteroatoms. The Morgan fingerprint density at radius 2 is 1.03 bits per heavy atom. The largest absolute Gasteiger partial charge is 0.400 e. The van der Waals surface area contributed by atoms with E-state index in [4.69, 9.17) is 14.1 Å². The van der Waals surface area contributed by atoms with Crippen molar-refractivity contribution in [3.05, 3.63) is 0 Å². The number of hydrogen-bond acceptors (Lipinski definition) is 5. The Kier molecular flexibility index (Phi) is 20.3. The van der Waals surface area contributed by atoms with Crippen molar-refractivity contribution in [3.8, 4) is 0 Å². The molecule has 0 aliphatic heterocycles. The lowest BCUT2D eigenvalue weighted by Gasteiger charge is -2.23. The molecule has 31 heavy (non-hydrogen) atoms. The Labute approximate surface area is 194 Å². The highest BCUT2D eigenvalue weighted by Gasteiger charge is 2.26. The molecular formula is C25H53NO4S. The smallest absolute Gasteiger partial charge is 0.330 e. The molecule has 0 aliphatic rings. The summed E-state index contributed by atoms with van der Waals surface area (Å²) in [6.45, 7) is 6.49. The lowest BCUT2D eigenvalue weighted by atomic mass is 10.0. The zero-order valence-corrected chi connectivity index (χ0v) is 21.8. The van der Waals surface area contributed by atoms with Crippen LogP contribution in [0.3, 0.4) is 0 Å². The minimum atomic E-state index is -3.93. The van der Waals surface area contributed by atoms with Crippen molar-refractivity contribution in [2.45, 2.75) is 148 Å². The molecule has 0 aromatic heterocycles. The van der Waals surface area contributed by atoms with Crippen LogP contribution in [0.1, 0.15) is 143 Å². The van der Waals surface area contributed by atoms with Gasteiger partial charge in [0.2, 0.25) is 0 Å². The predicted molar refractivity (Wildman–Crippen MR) is 132 cm³/mol. The second kappa shape index (κ2) is 20.4. The maximum atomic E-state index is 11.9. The van der Waals surface area contributed by atoms with Crippen molar-refractivity contribution >= 4 is 10.4 Å². The van der Waals surface area contributed by atoms with Gasteiger partial charge in [0.05, 0.1) is 12.2 Å². The van der Waals surface area contributed by atoms with Crippen molar-refractivity contribution in [2.75, 3.05) is 13.2 Å². The minimum Gasteiger partial charge on any atom is -0.330 e. The van der Waals surface area contributed by atoms with Crippen molar-refractivity contribution in [1.29, 1.82) is 0 Å². The second-order valence-electron chi connectivity index (χ2n) is 9.62. The SMILES string of the molecule is CCCCCCCCCCCCCCCCCCCOS(=O)(=O)OC(C)(C)CCCN. The van der Waals surface area contributed by atoms with Crippen LogP contribution in [0.4, 0.5) is 0 Å². The summed E-state index contributed by atoms with van der Waals surface area (Å²) in [5, 5.41) is 0. The summed E-state index contributed by atoms with van der Waals surface area (Å²) < 4.78 is 34.0. The molecule has 0 rings (SSSR count). The van der Waals surface area contributed by atoms with Crippen LogP contribution >= 0.6 is 0 Å². The predicted octanol–water partition coefficient (Wildman–Crippen LogP) is 7.43. The first-order valence-corrected chi connectivity index (χ1v) is 14.5. The Hall–Kier alpha value is -0.170. The van der Waals surface area contributed by atoms with Gasteiger partial charge in [0.15, 0.2) is 0 Å². The monoisotopic (exact) mass is 463 g/mol. The minimum absolute atomic E-state index is 0.202. The summed E-state index contributed by atoms with van der Waals surface area (Å²) in [4.78, 5) is 0. The molecule has 188 valence electrons. The summed E-state index contributed by atoms with van der Waals surface area (Å²) >= 11 is 0. The standard InChI is InChI=1S/C25H53NO4S/c1-4-5-6-7-8-9-10-11-12-13-14-15-16-17-18-19-20-24-29-31(27,28)30-25(2,3)22-21-23-26/h4-24,26H2,1-3H3. The number of nitrogens with two attached hydrogens (primary N) is 1. The van der Waals surface area contributed by atoms with Gasteiger partial charge in [-0.2, -0.15) is 8.42 Å². The Balaban J connectivity index is 3.39. The van der Waals surface area contributed by atoms with E-state index < -0.39 is 16.0 Å². The van der Waals surface area contributed by atoms with E-state index in [0.717, 1.165) is 25.7 Å². The molecule has 2 N–H and O–H groups in total. The molecule has 0 aromatic rings. The van der Waals surface area contributed by atoms with E-state index in [1.54, 1.807) is 13.8 Å². The van der Waals surface area contributed by atoms with Crippen LogP contribution in [-0.4, -0.2) is 27.2 Å². The molecule has 0 aromatic carbocycles. The first kappa shape index (κ1) is 30.8. The third-order valence-corrected chi connectivity index (χ3v) is 6.90. The van der Waals surface area contributed by atoms with E-state index in [0.29, 0.717) is 13.0 Å². The summed E-state index contributed by atoms with van der Waals surface area (Å²) in [5.74, 6) is 0. The Morgan fingerprint density at radius 1 is 0.645 bits per heavy atom. The van der Waals surface area contributed by atoms with Crippen LogP contribution in [0, 0.1) is 0 Å². The zero-order valence-electron chi connectivity index (χ0n) is 21.0. The topological polar surface area (TPSA) is 78.6 Å². The highest BCUT2D eigenvalue weighted by atomic mass is 32.3. The lowest BCUT2D eigenvalue weighted by molar-refractivity contribution is 0.0769. The van der Waals surface area contributed by atoms with E-state index in [1.807, 2.05) is 0 Å². The first-order chi connectivity index (χ1) is 14.8. The Bertz CT molecular complexity index is 480. The molecule has 0 atom stereocenters. The van der Waals surface area contributed by atoms with Crippen LogP contribution in [-0.2, 0) is 18.8 Å². The van der Waals surface area contributed by atoms with Crippen molar-refractivity contribution in [2.24, 2.45) is 5.73 Å². The van der Waals surface area contributed by atoms with Crippen molar-refractivity contribution < 1.29 is 16.8 Å². The van der Waals surface area contributed by atoms with Crippen molar-refractivity contribution in [1.82, 2.24) is 0 Å². The summed E-state index contributed by atoms with van der Waals surface area (Å²) in [7, 11) is -3.93.